The van der Waals surface area contributed by atoms with Gasteiger partial charge in [0.15, 0.2) is 5.76 Å². The summed E-state index contributed by atoms with van der Waals surface area (Å²) in [6, 6.07) is 21.5. The SMILES string of the molecule is COC(=O)c1ccc(Cl)c(-c2ccc(/C=N/NC(=O)c3cc4c(ccc5ccccc54)o3)o2)c1. The van der Waals surface area contributed by atoms with Crippen LogP contribution in [0.4, 0.5) is 0 Å². The number of carbonyl (C=O) groups excluding carboxylic acids is 2. The van der Waals surface area contributed by atoms with Crippen LogP contribution in [0.15, 0.2) is 86.7 Å². The molecule has 8 heteroatoms. The molecule has 0 saturated heterocycles. The number of benzene rings is 3. The van der Waals surface area contributed by atoms with Gasteiger partial charge in [-0.25, -0.2) is 10.2 Å². The maximum Gasteiger partial charge on any atom is 0.337 e. The molecule has 0 radical (unpaired) electrons. The predicted molar refractivity (Wildman–Crippen MR) is 129 cm³/mol. The number of esters is 1. The third kappa shape index (κ3) is 4.04. The van der Waals surface area contributed by atoms with E-state index in [1.54, 1.807) is 36.4 Å². The van der Waals surface area contributed by atoms with Crippen LogP contribution in [0, 0.1) is 0 Å². The molecule has 3 aromatic carbocycles. The van der Waals surface area contributed by atoms with Gasteiger partial charge in [-0.2, -0.15) is 5.10 Å². The van der Waals surface area contributed by atoms with Crippen molar-refractivity contribution < 1.29 is 23.2 Å². The first-order valence-corrected chi connectivity index (χ1v) is 10.6. The number of amides is 1. The van der Waals surface area contributed by atoms with Gasteiger partial charge in [-0.3, -0.25) is 4.79 Å². The van der Waals surface area contributed by atoms with Gasteiger partial charge in [-0.1, -0.05) is 41.9 Å². The lowest BCUT2D eigenvalue weighted by atomic mass is 10.1. The van der Waals surface area contributed by atoms with Gasteiger partial charge in [0.05, 0.1) is 23.9 Å². The summed E-state index contributed by atoms with van der Waals surface area (Å²) in [6.45, 7) is 0. The van der Waals surface area contributed by atoms with E-state index in [4.69, 9.17) is 25.2 Å². The van der Waals surface area contributed by atoms with Gasteiger partial charge in [0.2, 0.25) is 0 Å². The highest BCUT2D eigenvalue weighted by molar-refractivity contribution is 6.33. The molecule has 168 valence electrons. The number of methoxy groups -OCH3 is 1. The van der Waals surface area contributed by atoms with Crippen LogP contribution in [-0.4, -0.2) is 25.2 Å². The lowest BCUT2D eigenvalue weighted by Crippen LogP contribution is -2.16. The Bertz CT molecular complexity index is 1580. The predicted octanol–water partition coefficient (Wildman–Crippen LogP) is 6.05. The van der Waals surface area contributed by atoms with Gasteiger partial charge in [0.1, 0.15) is 17.1 Å². The summed E-state index contributed by atoms with van der Waals surface area (Å²) < 4.78 is 16.2. The number of nitrogens with zero attached hydrogens (tertiary/aromatic N) is 1. The molecular weight excluding hydrogens is 456 g/mol. The van der Waals surface area contributed by atoms with E-state index >= 15 is 0 Å². The van der Waals surface area contributed by atoms with E-state index in [9.17, 15) is 9.59 Å². The first-order chi connectivity index (χ1) is 16.5. The number of carbonyl (C=O) groups is 2. The second kappa shape index (κ2) is 8.88. The summed E-state index contributed by atoms with van der Waals surface area (Å²) in [5.41, 5.74) is 3.93. The monoisotopic (exact) mass is 472 g/mol. The fourth-order valence-electron chi connectivity index (χ4n) is 3.64. The van der Waals surface area contributed by atoms with Gasteiger partial charge >= 0.3 is 11.9 Å². The molecule has 0 bridgehead atoms. The largest absolute Gasteiger partial charge is 0.465 e. The Morgan fingerprint density at radius 3 is 2.68 bits per heavy atom. The second-order valence-corrected chi connectivity index (χ2v) is 7.80. The third-order valence-electron chi connectivity index (χ3n) is 5.29. The molecule has 5 rings (SSSR count). The molecule has 1 amide bonds. The lowest BCUT2D eigenvalue weighted by molar-refractivity contribution is 0.0600. The standard InChI is InChI=1S/C26H17ClN2O5/c1-32-26(31)16-6-9-21(27)20(12-16)23-11-8-17(33-23)14-28-29-25(30)24-13-19-18-5-3-2-4-15(18)7-10-22(19)34-24/h2-14H,1H3,(H,29,30)/b28-14+. The maximum atomic E-state index is 12.5. The van der Waals surface area contributed by atoms with Crippen LogP contribution in [0.2, 0.25) is 5.02 Å². The van der Waals surface area contributed by atoms with Crippen molar-refractivity contribution in [1.82, 2.24) is 5.43 Å². The first-order valence-electron chi connectivity index (χ1n) is 10.3. The van der Waals surface area contributed by atoms with Crippen LogP contribution in [0.3, 0.4) is 0 Å². The van der Waals surface area contributed by atoms with E-state index < -0.39 is 11.9 Å². The molecule has 2 aromatic heterocycles. The van der Waals surface area contributed by atoms with E-state index in [1.165, 1.54) is 13.3 Å². The lowest BCUT2D eigenvalue weighted by Gasteiger charge is -2.04. The fourth-order valence-corrected chi connectivity index (χ4v) is 3.85. The molecule has 0 aliphatic carbocycles. The summed E-state index contributed by atoms with van der Waals surface area (Å²) >= 11 is 6.26. The van der Waals surface area contributed by atoms with Crippen molar-refractivity contribution >= 4 is 51.4 Å². The number of furan rings is 2. The van der Waals surface area contributed by atoms with Crippen LogP contribution in [0.1, 0.15) is 26.7 Å². The molecule has 0 saturated carbocycles. The van der Waals surface area contributed by atoms with Crippen LogP contribution in [0.5, 0.6) is 0 Å². The Labute approximate surface area is 198 Å². The zero-order valence-corrected chi connectivity index (χ0v) is 18.6. The van der Waals surface area contributed by atoms with Crippen molar-refractivity contribution in [1.29, 1.82) is 0 Å². The highest BCUT2D eigenvalue weighted by Crippen LogP contribution is 2.31. The zero-order chi connectivity index (χ0) is 23.7. The van der Waals surface area contributed by atoms with Crippen LogP contribution in [0.25, 0.3) is 33.1 Å². The Morgan fingerprint density at radius 1 is 0.971 bits per heavy atom. The maximum absolute atomic E-state index is 12.5. The van der Waals surface area contributed by atoms with Crippen molar-refractivity contribution in [2.75, 3.05) is 7.11 Å². The average molecular weight is 473 g/mol. The van der Waals surface area contributed by atoms with Crippen LogP contribution in [-0.2, 0) is 4.74 Å². The topological polar surface area (TPSA) is 94.0 Å². The van der Waals surface area contributed by atoms with Crippen molar-refractivity contribution in [2.24, 2.45) is 5.10 Å². The van der Waals surface area contributed by atoms with Crippen molar-refractivity contribution in [3.63, 3.8) is 0 Å². The molecule has 0 aliphatic rings. The average Bonchev–Trinajstić information content (AvgIpc) is 3.51. The summed E-state index contributed by atoms with van der Waals surface area (Å²) in [4.78, 5) is 24.3. The molecule has 5 aromatic rings. The Hall–Kier alpha value is -4.36. The Morgan fingerprint density at radius 2 is 1.82 bits per heavy atom. The Balaban J connectivity index is 1.32. The minimum Gasteiger partial charge on any atom is -0.465 e. The van der Waals surface area contributed by atoms with E-state index in [0.717, 1.165) is 16.2 Å². The zero-order valence-electron chi connectivity index (χ0n) is 17.9. The van der Waals surface area contributed by atoms with Crippen LogP contribution < -0.4 is 5.43 Å². The second-order valence-electron chi connectivity index (χ2n) is 7.40. The number of nitrogens with one attached hydrogen (secondary N) is 1. The molecule has 0 aliphatic heterocycles. The van der Waals surface area contributed by atoms with E-state index in [-0.39, 0.29) is 5.76 Å². The summed E-state index contributed by atoms with van der Waals surface area (Å²) in [5, 5.41) is 7.29. The number of halogens is 1. The van der Waals surface area contributed by atoms with Gasteiger partial charge in [0.25, 0.3) is 0 Å². The number of fused-ring (bicyclic) bond motifs is 3. The fraction of sp³-hybridized carbons (Fsp3) is 0.0385. The summed E-state index contributed by atoms with van der Waals surface area (Å²) in [6.07, 6.45) is 1.36. The number of rotatable bonds is 5. The van der Waals surface area contributed by atoms with Crippen molar-refractivity contribution in [3.05, 3.63) is 94.9 Å². The van der Waals surface area contributed by atoms with Crippen molar-refractivity contribution in [3.8, 4) is 11.3 Å². The minimum absolute atomic E-state index is 0.148. The van der Waals surface area contributed by atoms with Crippen molar-refractivity contribution in [2.45, 2.75) is 0 Å². The highest BCUT2D eigenvalue weighted by Gasteiger charge is 2.15. The third-order valence-corrected chi connectivity index (χ3v) is 5.62. The molecule has 0 unspecified atom stereocenters. The van der Waals surface area contributed by atoms with Gasteiger partial charge in [0, 0.05) is 10.9 Å². The number of hydrazone groups is 1. The highest BCUT2D eigenvalue weighted by atomic mass is 35.5. The van der Waals surface area contributed by atoms with E-state index in [1.807, 2.05) is 36.4 Å². The van der Waals surface area contributed by atoms with Crippen LogP contribution >= 0.6 is 11.6 Å². The smallest absolute Gasteiger partial charge is 0.337 e. The number of ether oxygens (including phenoxy) is 1. The molecule has 0 spiro atoms. The summed E-state index contributed by atoms with van der Waals surface area (Å²) in [7, 11) is 1.31. The summed E-state index contributed by atoms with van der Waals surface area (Å²) in [5.74, 6) is -0.00198. The molecular formula is C26H17ClN2O5. The number of hydrogen-bond acceptors (Lipinski definition) is 6. The normalized spacial score (nSPS) is 11.4. The molecule has 0 atom stereocenters. The quantitative estimate of drug-likeness (QED) is 0.191. The van der Waals surface area contributed by atoms with E-state index in [0.29, 0.717) is 33.3 Å². The van der Waals surface area contributed by atoms with E-state index in [2.05, 4.69) is 10.5 Å². The van der Waals surface area contributed by atoms with Gasteiger partial charge < -0.3 is 13.6 Å². The number of hydrogen-bond donors (Lipinski definition) is 1. The van der Waals surface area contributed by atoms with Gasteiger partial charge in [-0.05, 0) is 53.2 Å². The molecule has 2 heterocycles. The molecule has 7 nitrogen and oxygen atoms in total. The first kappa shape index (κ1) is 21.5. The molecule has 34 heavy (non-hydrogen) atoms. The molecule has 0 fully saturated rings. The van der Waals surface area contributed by atoms with Gasteiger partial charge in [-0.15, -0.1) is 0 Å². The minimum atomic E-state index is -0.489. The molecule has 1 N–H and O–H groups in total. The Kier molecular flexibility index (Phi) is 5.61.